The van der Waals surface area contributed by atoms with Crippen LogP contribution in [0.2, 0.25) is 0 Å². The molecule has 3 N–H and O–H groups in total. The normalized spacial score (nSPS) is 11.4. The molecular formula is C8H7N3O2. The van der Waals surface area contributed by atoms with Gasteiger partial charge in [-0.1, -0.05) is 6.07 Å². The molecule has 1 heterocycles. The first-order chi connectivity index (χ1) is 6.29. The Morgan fingerprint density at radius 1 is 1.54 bits per heavy atom. The van der Waals surface area contributed by atoms with E-state index in [1.165, 1.54) is 6.21 Å². The SMILES string of the molecule is NN=Cc1ccc2[nH]c(=O)oc2c1. The molecule has 0 saturated heterocycles. The first-order valence-corrected chi connectivity index (χ1v) is 3.66. The van der Waals surface area contributed by atoms with Crippen molar-refractivity contribution >= 4 is 17.3 Å². The minimum Gasteiger partial charge on any atom is -0.408 e. The van der Waals surface area contributed by atoms with Crippen LogP contribution in [0.3, 0.4) is 0 Å². The zero-order chi connectivity index (χ0) is 9.26. The molecule has 5 nitrogen and oxygen atoms in total. The fourth-order valence-electron chi connectivity index (χ4n) is 1.13. The molecule has 2 aromatic rings. The molecule has 0 saturated carbocycles. The molecule has 2 rings (SSSR count). The van der Waals surface area contributed by atoms with Gasteiger partial charge in [-0.3, -0.25) is 4.98 Å². The van der Waals surface area contributed by atoms with Crippen LogP contribution in [-0.2, 0) is 0 Å². The van der Waals surface area contributed by atoms with E-state index >= 15 is 0 Å². The van der Waals surface area contributed by atoms with Crippen LogP contribution in [0.5, 0.6) is 0 Å². The number of nitrogens with zero attached hydrogens (tertiary/aromatic N) is 1. The summed E-state index contributed by atoms with van der Waals surface area (Å²) in [5.41, 5.74) is 1.96. The largest absolute Gasteiger partial charge is 0.417 e. The number of aromatic amines is 1. The fraction of sp³-hybridized carbons (Fsp3) is 0. The minimum atomic E-state index is -0.461. The number of nitrogens with two attached hydrogens (primary N) is 1. The molecule has 0 atom stereocenters. The van der Waals surface area contributed by atoms with E-state index in [2.05, 4.69) is 10.1 Å². The third kappa shape index (κ3) is 1.31. The van der Waals surface area contributed by atoms with Gasteiger partial charge in [0.1, 0.15) is 0 Å². The molecule has 0 aliphatic heterocycles. The molecule has 0 amide bonds. The molecule has 1 aromatic carbocycles. The zero-order valence-corrected chi connectivity index (χ0v) is 6.65. The van der Waals surface area contributed by atoms with Gasteiger partial charge in [-0.15, -0.1) is 0 Å². The summed E-state index contributed by atoms with van der Waals surface area (Å²) in [6, 6.07) is 5.20. The van der Waals surface area contributed by atoms with Crippen molar-refractivity contribution in [3.63, 3.8) is 0 Å². The summed E-state index contributed by atoms with van der Waals surface area (Å²) < 4.78 is 4.84. The van der Waals surface area contributed by atoms with Gasteiger partial charge in [0.05, 0.1) is 11.7 Å². The second-order valence-electron chi connectivity index (χ2n) is 2.55. The summed E-state index contributed by atoms with van der Waals surface area (Å²) in [7, 11) is 0. The molecule has 0 fully saturated rings. The number of benzene rings is 1. The van der Waals surface area contributed by atoms with Gasteiger partial charge in [0.2, 0.25) is 0 Å². The Morgan fingerprint density at radius 3 is 3.15 bits per heavy atom. The summed E-state index contributed by atoms with van der Waals surface area (Å²) in [5, 5.41) is 3.36. The smallest absolute Gasteiger partial charge is 0.408 e. The van der Waals surface area contributed by atoms with Crippen LogP contribution < -0.4 is 11.6 Å². The van der Waals surface area contributed by atoms with Crippen molar-refractivity contribution in [1.29, 1.82) is 0 Å². The molecule has 66 valence electrons. The van der Waals surface area contributed by atoms with E-state index in [0.29, 0.717) is 11.1 Å². The highest BCUT2D eigenvalue weighted by Gasteiger charge is 1.99. The maximum absolute atomic E-state index is 10.8. The average Bonchev–Trinajstić information content (AvgIpc) is 2.44. The molecule has 1 aromatic heterocycles. The lowest BCUT2D eigenvalue weighted by molar-refractivity contribution is 0.555. The maximum Gasteiger partial charge on any atom is 0.417 e. The number of hydrogen-bond acceptors (Lipinski definition) is 4. The zero-order valence-electron chi connectivity index (χ0n) is 6.65. The lowest BCUT2D eigenvalue weighted by Gasteiger charge is -1.89. The summed E-state index contributed by atoms with van der Waals surface area (Å²) >= 11 is 0. The van der Waals surface area contributed by atoms with Crippen molar-refractivity contribution in [2.45, 2.75) is 0 Å². The highest BCUT2D eigenvalue weighted by atomic mass is 16.4. The van der Waals surface area contributed by atoms with Crippen LogP contribution in [0.15, 0.2) is 32.5 Å². The molecule has 0 aliphatic carbocycles. The van der Waals surface area contributed by atoms with Crippen LogP contribution in [0, 0.1) is 0 Å². The van der Waals surface area contributed by atoms with Crippen molar-refractivity contribution in [3.8, 4) is 0 Å². The quantitative estimate of drug-likeness (QED) is 0.376. The van der Waals surface area contributed by atoms with Gasteiger partial charge < -0.3 is 10.3 Å². The van der Waals surface area contributed by atoms with Crippen molar-refractivity contribution in [2.75, 3.05) is 0 Å². The Balaban J connectivity index is 2.67. The Bertz CT molecular complexity index is 509. The van der Waals surface area contributed by atoms with E-state index in [0.717, 1.165) is 5.56 Å². The maximum atomic E-state index is 10.8. The summed E-state index contributed by atoms with van der Waals surface area (Å²) in [6.07, 6.45) is 1.48. The van der Waals surface area contributed by atoms with E-state index < -0.39 is 5.76 Å². The number of nitrogens with one attached hydrogen (secondary N) is 1. The van der Waals surface area contributed by atoms with Crippen LogP contribution >= 0.6 is 0 Å². The Kier molecular flexibility index (Phi) is 1.63. The molecule has 0 aliphatic rings. The van der Waals surface area contributed by atoms with Crippen molar-refractivity contribution in [1.82, 2.24) is 4.98 Å². The second-order valence-corrected chi connectivity index (χ2v) is 2.55. The Labute approximate surface area is 72.9 Å². The molecule has 0 bridgehead atoms. The first-order valence-electron chi connectivity index (χ1n) is 3.66. The van der Waals surface area contributed by atoms with E-state index in [1.54, 1.807) is 18.2 Å². The van der Waals surface area contributed by atoms with E-state index in [4.69, 9.17) is 10.3 Å². The van der Waals surface area contributed by atoms with Crippen molar-refractivity contribution < 1.29 is 4.42 Å². The van der Waals surface area contributed by atoms with Crippen LogP contribution in [0.1, 0.15) is 5.56 Å². The molecule has 5 heteroatoms. The van der Waals surface area contributed by atoms with Crippen LogP contribution in [0.25, 0.3) is 11.1 Å². The van der Waals surface area contributed by atoms with Crippen LogP contribution in [0.4, 0.5) is 0 Å². The van der Waals surface area contributed by atoms with Gasteiger partial charge in [0.15, 0.2) is 5.58 Å². The van der Waals surface area contributed by atoms with Gasteiger partial charge in [0.25, 0.3) is 0 Å². The lowest BCUT2D eigenvalue weighted by Crippen LogP contribution is -1.92. The minimum absolute atomic E-state index is 0.461. The number of fused-ring (bicyclic) bond motifs is 1. The standard InChI is InChI=1S/C8H7N3O2/c9-10-4-5-1-2-6-7(3-5)13-8(12)11-6/h1-4H,9H2,(H,11,12). The highest BCUT2D eigenvalue weighted by Crippen LogP contribution is 2.10. The first kappa shape index (κ1) is 7.60. The summed E-state index contributed by atoms with van der Waals surface area (Å²) in [5.74, 6) is 4.52. The topological polar surface area (TPSA) is 84.4 Å². The predicted octanol–water partition coefficient (Wildman–Crippen LogP) is 0.414. The molecule has 0 spiro atoms. The van der Waals surface area contributed by atoms with Gasteiger partial charge in [0, 0.05) is 0 Å². The summed E-state index contributed by atoms with van der Waals surface area (Å²) in [6.45, 7) is 0. The van der Waals surface area contributed by atoms with Gasteiger partial charge in [-0.05, 0) is 17.7 Å². The molecule has 0 unspecified atom stereocenters. The van der Waals surface area contributed by atoms with E-state index in [-0.39, 0.29) is 0 Å². The number of rotatable bonds is 1. The van der Waals surface area contributed by atoms with Crippen LogP contribution in [-0.4, -0.2) is 11.2 Å². The number of hydrazone groups is 1. The van der Waals surface area contributed by atoms with E-state index in [1.807, 2.05) is 0 Å². The third-order valence-electron chi connectivity index (χ3n) is 1.67. The fourth-order valence-corrected chi connectivity index (χ4v) is 1.13. The number of hydrogen-bond donors (Lipinski definition) is 2. The highest BCUT2D eigenvalue weighted by molar-refractivity contribution is 5.85. The monoisotopic (exact) mass is 177 g/mol. The van der Waals surface area contributed by atoms with Crippen molar-refractivity contribution in [2.24, 2.45) is 10.9 Å². The van der Waals surface area contributed by atoms with Crippen molar-refractivity contribution in [3.05, 3.63) is 34.3 Å². The van der Waals surface area contributed by atoms with Gasteiger partial charge >= 0.3 is 5.76 Å². The second kappa shape index (κ2) is 2.78. The summed E-state index contributed by atoms with van der Waals surface area (Å²) in [4.78, 5) is 13.3. The lowest BCUT2D eigenvalue weighted by atomic mass is 10.2. The van der Waals surface area contributed by atoms with E-state index in [9.17, 15) is 4.79 Å². The molecular weight excluding hydrogens is 170 g/mol. The third-order valence-corrected chi connectivity index (χ3v) is 1.67. The van der Waals surface area contributed by atoms with Gasteiger partial charge in [-0.2, -0.15) is 5.10 Å². The average molecular weight is 177 g/mol. The number of oxazole rings is 1. The van der Waals surface area contributed by atoms with Gasteiger partial charge in [-0.25, -0.2) is 4.79 Å². The number of aromatic nitrogens is 1. The molecule has 0 radical (unpaired) electrons. The molecule has 13 heavy (non-hydrogen) atoms. The number of H-pyrrole nitrogens is 1. The predicted molar refractivity (Wildman–Crippen MR) is 48.6 cm³/mol. The Morgan fingerprint density at radius 2 is 2.38 bits per heavy atom. The Hall–Kier alpha value is -2.04.